The smallest absolute Gasteiger partial charge is 0.238 e. The van der Waals surface area contributed by atoms with Crippen LogP contribution < -0.4 is 10.2 Å². The molecule has 0 aliphatic rings. The van der Waals surface area contributed by atoms with Gasteiger partial charge in [-0.05, 0) is 24.3 Å². The van der Waals surface area contributed by atoms with Gasteiger partial charge < -0.3 is 24.5 Å². The number of benzene rings is 2. The Kier molecular flexibility index (Phi) is 3.14. The molecule has 0 atom stereocenters. The minimum absolute atomic E-state index is 0.0420. The van der Waals surface area contributed by atoms with Crippen molar-refractivity contribution >= 4 is 11.0 Å². The summed E-state index contributed by atoms with van der Waals surface area (Å²) in [6, 6.07) is 8.34. The van der Waals surface area contributed by atoms with E-state index in [1.165, 1.54) is 43.5 Å². The largest absolute Gasteiger partial charge is 0.508 e. The molecule has 3 rings (SSSR count). The van der Waals surface area contributed by atoms with Gasteiger partial charge in [-0.1, -0.05) is 0 Å². The molecular weight excluding hydrogens is 288 g/mol. The number of phenolic OH excluding ortho intramolecular Hbond substituents is 2. The SMILES string of the molecule is COc1cc(O)cc2oc(-c3ccc(O)cc3)c(O)c(=O)c12. The fraction of sp³-hybridized carbons (Fsp3) is 0.0625. The summed E-state index contributed by atoms with van der Waals surface area (Å²) in [4.78, 5) is 12.4. The number of methoxy groups -OCH3 is 1. The van der Waals surface area contributed by atoms with Crippen LogP contribution in [0, 0.1) is 0 Å². The van der Waals surface area contributed by atoms with Crippen molar-refractivity contribution in [3.8, 4) is 34.3 Å². The van der Waals surface area contributed by atoms with Gasteiger partial charge in [0, 0.05) is 17.7 Å². The second-order valence-corrected chi connectivity index (χ2v) is 4.68. The van der Waals surface area contributed by atoms with Gasteiger partial charge in [0.05, 0.1) is 7.11 Å². The highest BCUT2D eigenvalue weighted by molar-refractivity contribution is 5.88. The lowest BCUT2D eigenvalue weighted by Gasteiger charge is -2.09. The highest BCUT2D eigenvalue weighted by atomic mass is 16.5. The van der Waals surface area contributed by atoms with Crippen molar-refractivity contribution in [2.45, 2.75) is 0 Å². The summed E-state index contributed by atoms with van der Waals surface area (Å²) in [7, 11) is 1.35. The van der Waals surface area contributed by atoms with E-state index in [-0.39, 0.29) is 34.0 Å². The van der Waals surface area contributed by atoms with Crippen LogP contribution in [0.4, 0.5) is 0 Å². The predicted octanol–water partition coefficient (Wildman–Crippen LogP) is 2.59. The first kappa shape index (κ1) is 13.8. The van der Waals surface area contributed by atoms with Crippen molar-refractivity contribution in [3.05, 3.63) is 46.6 Å². The molecule has 22 heavy (non-hydrogen) atoms. The van der Waals surface area contributed by atoms with Crippen molar-refractivity contribution in [2.24, 2.45) is 0 Å². The summed E-state index contributed by atoms with van der Waals surface area (Å²) in [5, 5.41) is 29.1. The number of hydrogen-bond donors (Lipinski definition) is 3. The second kappa shape index (κ2) is 5.00. The summed E-state index contributed by atoms with van der Waals surface area (Å²) >= 11 is 0. The summed E-state index contributed by atoms with van der Waals surface area (Å²) in [6.45, 7) is 0. The zero-order valence-electron chi connectivity index (χ0n) is 11.5. The first-order valence-corrected chi connectivity index (χ1v) is 6.37. The van der Waals surface area contributed by atoms with E-state index in [4.69, 9.17) is 9.15 Å². The van der Waals surface area contributed by atoms with Crippen LogP contribution >= 0.6 is 0 Å². The Bertz CT molecular complexity index is 909. The number of rotatable bonds is 2. The summed E-state index contributed by atoms with van der Waals surface area (Å²) in [5.74, 6) is -0.593. The van der Waals surface area contributed by atoms with Crippen molar-refractivity contribution in [3.63, 3.8) is 0 Å². The third-order valence-electron chi connectivity index (χ3n) is 3.27. The number of phenols is 2. The van der Waals surface area contributed by atoms with Gasteiger partial charge in [-0.15, -0.1) is 0 Å². The lowest BCUT2D eigenvalue weighted by Crippen LogP contribution is -2.04. The Morgan fingerprint density at radius 2 is 1.68 bits per heavy atom. The predicted molar refractivity (Wildman–Crippen MR) is 79.5 cm³/mol. The van der Waals surface area contributed by atoms with Crippen molar-refractivity contribution in [1.82, 2.24) is 0 Å². The quantitative estimate of drug-likeness (QED) is 0.672. The van der Waals surface area contributed by atoms with Crippen LogP contribution in [0.3, 0.4) is 0 Å². The Morgan fingerprint density at radius 3 is 2.32 bits per heavy atom. The molecule has 0 unspecified atom stereocenters. The van der Waals surface area contributed by atoms with Crippen LogP contribution in [0.2, 0.25) is 0 Å². The van der Waals surface area contributed by atoms with E-state index in [0.717, 1.165) is 0 Å². The first-order valence-electron chi connectivity index (χ1n) is 6.37. The van der Waals surface area contributed by atoms with E-state index in [1.807, 2.05) is 0 Å². The van der Waals surface area contributed by atoms with Gasteiger partial charge in [-0.25, -0.2) is 0 Å². The minimum Gasteiger partial charge on any atom is -0.508 e. The first-order chi connectivity index (χ1) is 10.5. The number of hydrogen-bond acceptors (Lipinski definition) is 6. The Balaban J connectivity index is 2.37. The fourth-order valence-corrected chi connectivity index (χ4v) is 2.23. The van der Waals surface area contributed by atoms with E-state index in [2.05, 4.69) is 0 Å². The Morgan fingerprint density at radius 1 is 1.00 bits per heavy atom. The Labute approximate surface area is 124 Å². The van der Waals surface area contributed by atoms with E-state index in [1.54, 1.807) is 0 Å². The molecule has 0 aliphatic heterocycles. The minimum atomic E-state index is -0.666. The number of ether oxygens (including phenoxy) is 1. The molecular formula is C16H12O6. The third-order valence-corrected chi connectivity index (χ3v) is 3.27. The monoisotopic (exact) mass is 300 g/mol. The third kappa shape index (κ3) is 2.10. The van der Waals surface area contributed by atoms with E-state index in [0.29, 0.717) is 5.56 Å². The molecule has 6 nitrogen and oxygen atoms in total. The van der Waals surface area contributed by atoms with Crippen molar-refractivity contribution in [1.29, 1.82) is 0 Å². The van der Waals surface area contributed by atoms with Gasteiger partial charge in [-0.2, -0.15) is 0 Å². The number of fused-ring (bicyclic) bond motifs is 1. The molecule has 2 aromatic carbocycles. The lowest BCUT2D eigenvalue weighted by molar-refractivity contribution is 0.408. The van der Waals surface area contributed by atoms with E-state index >= 15 is 0 Å². The van der Waals surface area contributed by atoms with Crippen LogP contribution in [0.15, 0.2) is 45.6 Å². The maximum absolute atomic E-state index is 12.4. The molecule has 0 saturated heterocycles. The van der Waals surface area contributed by atoms with Gasteiger partial charge in [0.25, 0.3) is 0 Å². The van der Waals surface area contributed by atoms with Crippen LogP contribution in [-0.4, -0.2) is 22.4 Å². The molecule has 112 valence electrons. The molecule has 3 N–H and O–H groups in total. The molecule has 1 aromatic heterocycles. The molecule has 1 heterocycles. The van der Waals surface area contributed by atoms with Crippen LogP contribution in [0.5, 0.6) is 23.0 Å². The second-order valence-electron chi connectivity index (χ2n) is 4.68. The van der Waals surface area contributed by atoms with Gasteiger partial charge in [-0.3, -0.25) is 4.79 Å². The molecule has 0 fully saturated rings. The fourth-order valence-electron chi connectivity index (χ4n) is 2.23. The van der Waals surface area contributed by atoms with Gasteiger partial charge >= 0.3 is 0 Å². The maximum atomic E-state index is 12.4. The molecule has 6 heteroatoms. The molecule has 0 radical (unpaired) electrons. The zero-order valence-corrected chi connectivity index (χ0v) is 11.5. The average Bonchev–Trinajstić information content (AvgIpc) is 2.50. The summed E-state index contributed by atoms with van der Waals surface area (Å²) in [5.41, 5.74) is -0.166. The summed E-state index contributed by atoms with van der Waals surface area (Å²) < 4.78 is 10.6. The Hall–Kier alpha value is -3.15. The topological polar surface area (TPSA) is 100 Å². The molecule has 0 spiro atoms. The van der Waals surface area contributed by atoms with Gasteiger partial charge in [0.1, 0.15) is 28.2 Å². The van der Waals surface area contributed by atoms with Gasteiger partial charge in [0.15, 0.2) is 5.76 Å². The standard InChI is InChI=1S/C16H12O6/c1-21-11-6-10(18)7-12-13(11)14(19)15(20)16(22-12)8-2-4-9(17)5-3-8/h2-7,17-18,20H,1H3. The number of aromatic hydroxyl groups is 3. The average molecular weight is 300 g/mol. The summed E-state index contributed by atoms with van der Waals surface area (Å²) in [6.07, 6.45) is 0. The van der Waals surface area contributed by atoms with Crippen LogP contribution in [-0.2, 0) is 0 Å². The van der Waals surface area contributed by atoms with Crippen molar-refractivity contribution in [2.75, 3.05) is 7.11 Å². The van der Waals surface area contributed by atoms with E-state index in [9.17, 15) is 20.1 Å². The van der Waals surface area contributed by atoms with E-state index < -0.39 is 11.2 Å². The lowest BCUT2D eigenvalue weighted by atomic mass is 10.1. The highest BCUT2D eigenvalue weighted by Gasteiger charge is 2.19. The zero-order chi connectivity index (χ0) is 15.9. The molecule has 0 aliphatic carbocycles. The molecule has 3 aromatic rings. The molecule has 0 amide bonds. The molecule has 0 saturated carbocycles. The van der Waals surface area contributed by atoms with Crippen LogP contribution in [0.25, 0.3) is 22.3 Å². The highest BCUT2D eigenvalue weighted by Crippen LogP contribution is 2.35. The van der Waals surface area contributed by atoms with Crippen LogP contribution in [0.1, 0.15) is 0 Å². The maximum Gasteiger partial charge on any atom is 0.238 e. The van der Waals surface area contributed by atoms with Crippen molar-refractivity contribution < 1.29 is 24.5 Å². The normalized spacial score (nSPS) is 10.8. The van der Waals surface area contributed by atoms with Gasteiger partial charge in [0.2, 0.25) is 11.2 Å². The molecule has 0 bridgehead atoms.